The molecule has 0 unspecified atom stereocenters. The van der Waals surface area contributed by atoms with E-state index in [1.807, 2.05) is 24.5 Å². The number of nitrogens with one attached hydrogen (secondary N) is 2. The van der Waals surface area contributed by atoms with Gasteiger partial charge in [-0.15, -0.1) is 12.4 Å². The summed E-state index contributed by atoms with van der Waals surface area (Å²) in [4.78, 5) is 15.7. The van der Waals surface area contributed by atoms with Crippen molar-refractivity contribution >= 4 is 66.9 Å². The Labute approximate surface area is 168 Å². The van der Waals surface area contributed by atoms with E-state index in [0.29, 0.717) is 20.4 Å². The highest BCUT2D eigenvalue weighted by Crippen LogP contribution is 2.40. The predicted octanol–water partition coefficient (Wildman–Crippen LogP) is 4.64. The normalized spacial score (nSPS) is 17.6. The van der Waals surface area contributed by atoms with Crippen LogP contribution in [-0.4, -0.2) is 33.6 Å². The van der Waals surface area contributed by atoms with Crippen molar-refractivity contribution in [2.45, 2.75) is 38.8 Å². The molecule has 1 fully saturated rings. The number of rotatable bonds is 4. The number of benzene rings is 1. The molecular formula is C15H20Br2ClN5O2. The zero-order chi connectivity index (χ0) is 17.4. The van der Waals surface area contributed by atoms with Gasteiger partial charge < -0.3 is 15.2 Å². The number of nitro groups is 1. The summed E-state index contributed by atoms with van der Waals surface area (Å²) < 4.78 is 3.09. The molecule has 0 aliphatic carbocycles. The zero-order valence-corrected chi connectivity index (χ0v) is 17.9. The molecular weight excluding hydrogens is 477 g/mol. The van der Waals surface area contributed by atoms with Gasteiger partial charge in [-0.25, -0.2) is 4.98 Å². The summed E-state index contributed by atoms with van der Waals surface area (Å²) in [5.41, 5.74) is 1.14. The van der Waals surface area contributed by atoms with E-state index in [1.54, 1.807) is 0 Å². The van der Waals surface area contributed by atoms with Crippen LogP contribution in [0.5, 0.6) is 0 Å². The third-order valence-corrected chi connectivity index (χ3v) is 6.14. The Morgan fingerprint density at radius 3 is 2.76 bits per heavy atom. The van der Waals surface area contributed by atoms with Gasteiger partial charge in [-0.1, -0.05) is 0 Å². The van der Waals surface area contributed by atoms with Gasteiger partial charge in [0.05, 0.1) is 10.4 Å². The van der Waals surface area contributed by atoms with Crippen LogP contribution in [0.4, 0.5) is 11.6 Å². The fourth-order valence-electron chi connectivity index (χ4n) is 3.11. The number of piperidine rings is 1. The van der Waals surface area contributed by atoms with Crippen molar-refractivity contribution in [1.82, 2.24) is 14.9 Å². The maximum atomic E-state index is 11.5. The second-order valence-corrected chi connectivity index (χ2v) is 7.88. The molecule has 1 aromatic carbocycles. The van der Waals surface area contributed by atoms with Crippen LogP contribution in [-0.2, 0) is 0 Å². The summed E-state index contributed by atoms with van der Waals surface area (Å²) in [7, 11) is 0. The molecule has 1 saturated heterocycles. The number of nitro benzene ring substituents is 1. The van der Waals surface area contributed by atoms with Gasteiger partial charge in [0.2, 0.25) is 5.95 Å². The van der Waals surface area contributed by atoms with Crippen molar-refractivity contribution < 1.29 is 4.92 Å². The minimum atomic E-state index is -0.388. The molecule has 2 heterocycles. The van der Waals surface area contributed by atoms with Crippen molar-refractivity contribution in [3.8, 4) is 0 Å². The first kappa shape index (κ1) is 20.4. The van der Waals surface area contributed by atoms with Gasteiger partial charge in [0.15, 0.2) is 5.52 Å². The highest BCUT2D eigenvalue weighted by molar-refractivity contribution is 9.13. The van der Waals surface area contributed by atoms with E-state index >= 15 is 0 Å². The summed E-state index contributed by atoms with van der Waals surface area (Å²) in [6.07, 6.45) is 2.17. The predicted molar refractivity (Wildman–Crippen MR) is 109 cm³/mol. The second kappa shape index (κ2) is 8.20. The summed E-state index contributed by atoms with van der Waals surface area (Å²) in [6.45, 7) is 6.00. The molecule has 1 aromatic heterocycles. The van der Waals surface area contributed by atoms with Crippen molar-refractivity contribution in [1.29, 1.82) is 0 Å². The van der Waals surface area contributed by atoms with Gasteiger partial charge in [-0.2, -0.15) is 0 Å². The van der Waals surface area contributed by atoms with Gasteiger partial charge in [0, 0.05) is 23.1 Å². The van der Waals surface area contributed by atoms with Crippen molar-refractivity contribution in [3.63, 3.8) is 0 Å². The number of nitrogens with zero attached hydrogens (tertiary/aromatic N) is 3. The van der Waals surface area contributed by atoms with E-state index in [0.717, 1.165) is 31.4 Å². The van der Waals surface area contributed by atoms with Crippen LogP contribution >= 0.6 is 44.3 Å². The van der Waals surface area contributed by atoms with E-state index < -0.39 is 0 Å². The first-order valence-electron chi connectivity index (χ1n) is 7.91. The van der Waals surface area contributed by atoms with E-state index in [-0.39, 0.29) is 35.1 Å². The van der Waals surface area contributed by atoms with E-state index in [2.05, 4.69) is 47.5 Å². The molecule has 138 valence electrons. The number of fused-ring (bicyclic) bond motifs is 1. The minimum Gasteiger partial charge on any atom is -0.352 e. The van der Waals surface area contributed by atoms with Gasteiger partial charge in [0.25, 0.3) is 0 Å². The van der Waals surface area contributed by atoms with Crippen molar-refractivity contribution in [2.24, 2.45) is 0 Å². The lowest BCUT2D eigenvalue weighted by molar-refractivity contribution is -0.384. The number of imidazole rings is 1. The number of hydrogen-bond donors (Lipinski definition) is 2. The van der Waals surface area contributed by atoms with E-state index in [9.17, 15) is 10.1 Å². The monoisotopic (exact) mass is 495 g/mol. The molecule has 0 radical (unpaired) electrons. The minimum absolute atomic E-state index is 0. The molecule has 0 bridgehead atoms. The second-order valence-electron chi connectivity index (χ2n) is 6.23. The Morgan fingerprint density at radius 2 is 2.20 bits per heavy atom. The molecule has 7 nitrogen and oxygen atoms in total. The first-order chi connectivity index (χ1) is 11.4. The van der Waals surface area contributed by atoms with Gasteiger partial charge in [-0.3, -0.25) is 10.1 Å². The number of hydrogen-bond acceptors (Lipinski definition) is 5. The van der Waals surface area contributed by atoms with Crippen molar-refractivity contribution in [3.05, 3.63) is 25.1 Å². The largest absolute Gasteiger partial charge is 0.352 e. The SMILES string of the molecule is CC(C)n1c(N[C@H]2CCCNC2)nc2c([N+](=O)[O-])c(Br)c(Br)cc21.Cl. The fraction of sp³-hybridized carbons (Fsp3) is 0.533. The number of aromatic nitrogens is 2. The Morgan fingerprint density at radius 1 is 1.48 bits per heavy atom. The summed E-state index contributed by atoms with van der Waals surface area (Å²) in [5.74, 6) is 0.682. The van der Waals surface area contributed by atoms with Crippen LogP contribution in [0, 0.1) is 10.1 Å². The van der Waals surface area contributed by atoms with Crippen LogP contribution in [0.15, 0.2) is 15.0 Å². The first-order valence-corrected chi connectivity index (χ1v) is 9.50. The Hall–Kier alpha value is -0.900. The van der Waals surface area contributed by atoms with Crippen molar-refractivity contribution in [2.75, 3.05) is 18.4 Å². The summed E-state index contributed by atoms with van der Waals surface area (Å²) >= 11 is 6.71. The third kappa shape index (κ3) is 3.94. The van der Waals surface area contributed by atoms with Gasteiger partial charge in [0.1, 0.15) is 4.47 Å². The smallest absolute Gasteiger partial charge is 0.312 e. The molecule has 0 saturated carbocycles. The third-order valence-electron chi connectivity index (χ3n) is 4.18. The molecule has 0 spiro atoms. The number of halogens is 3. The lowest BCUT2D eigenvalue weighted by atomic mass is 10.1. The maximum absolute atomic E-state index is 11.5. The molecule has 2 aromatic rings. The molecule has 0 amide bonds. The standard InChI is InChI=1S/C15H19Br2N5O2.ClH/c1-8(2)21-11-6-10(16)12(17)14(22(23)24)13(11)20-15(21)19-9-4-3-5-18-7-9;/h6,8-9,18H,3-5,7H2,1-2H3,(H,19,20);1H/t9-;/m0./s1. The summed E-state index contributed by atoms with van der Waals surface area (Å²) in [6, 6.07) is 2.28. The quantitative estimate of drug-likeness (QED) is 0.475. The Kier molecular flexibility index (Phi) is 6.69. The fourth-order valence-corrected chi connectivity index (χ4v) is 3.96. The topological polar surface area (TPSA) is 85.0 Å². The number of anilines is 1. The van der Waals surface area contributed by atoms with Crippen LogP contribution in [0.1, 0.15) is 32.7 Å². The Bertz CT molecular complexity index is 790. The van der Waals surface area contributed by atoms with Gasteiger partial charge in [-0.05, 0) is 71.2 Å². The lowest BCUT2D eigenvalue weighted by Crippen LogP contribution is -2.39. The molecule has 1 atom stereocenters. The van der Waals surface area contributed by atoms with E-state index in [1.165, 1.54) is 0 Å². The molecule has 10 heteroatoms. The molecule has 2 N–H and O–H groups in total. The zero-order valence-electron chi connectivity index (χ0n) is 13.9. The average Bonchev–Trinajstić information content (AvgIpc) is 2.86. The molecule has 25 heavy (non-hydrogen) atoms. The highest BCUT2D eigenvalue weighted by atomic mass is 79.9. The van der Waals surface area contributed by atoms with Crippen LogP contribution < -0.4 is 10.6 Å². The van der Waals surface area contributed by atoms with Crippen LogP contribution in [0.2, 0.25) is 0 Å². The maximum Gasteiger partial charge on any atom is 0.312 e. The molecule has 3 rings (SSSR count). The van der Waals surface area contributed by atoms with Crippen LogP contribution in [0.25, 0.3) is 11.0 Å². The molecule has 1 aliphatic rings. The van der Waals surface area contributed by atoms with Crippen LogP contribution in [0.3, 0.4) is 0 Å². The van der Waals surface area contributed by atoms with E-state index in [4.69, 9.17) is 0 Å². The summed E-state index contributed by atoms with van der Waals surface area (Å²) in [5, 5.41) is 18.4. The average molecular weight is 498 g/mol. The lowest BCUT2D eigenvalue weighted by Gasteiger charge is -2.25. The van der Waals surface area contributed by atoms with Gasteiger partial charge >= 0.3 is 5.69 Å². The highest BCUT2D eigenvalue weighted by Gasteiger charge is 2.27. The Balaban J connectivity index is 0.00000225. The molecule has 1 aliphatic heterocycles.